The van der Waals surface area contributed by atoms with Gasteiger partial charge < -0.3 is 4.42 Å². The number of thioether (sulfide) groups is 1. The monoisotopic (exact) mass is 441 g/mol. The minimum Gasteiger partial charge on any atom is -0.461 e. The number of para-hydroxylation sites is 1. The lowest BCUT2D eigenvalue weighted by Crippen LogP contribution is -2.23. The standard InChI is InChI=1S/C20H19N5O3S2/c1-3-28-24-19(26)14-11-29-17(21-14)12-30-20-23-22-18(16-9-6-10-27-16)25(20)15-8-5-4-7-13(15)2/h4-11H,3,12H2,1-2H3,(H,24,26). The molecule has 0 fully saturated rings. The Kier molecular flexibility index (Phi) is 6.26. The Morgan fingerprint density at radius 1 is 1.27 bits per heavy atom. The van der Waals surface area contributed by atoms with Crippen molar-refractivity contribution < 1.29 is 14.0 Å². The van der Waals surface area contributed by atoms with Crippen molar-refractivity contribution in [2.45, 2.75) is 24.8 Å². The molecular formula is C20H19N5O3S2. The summed E-state index contributed by atoms with van der Waals surface area (Å²) in [5.41, 5.74) is 4.76. The van der Waals surface area contributed by atoms with Gasteiger partial charge in [0.05, 0.1) is 24.3 Å². The summed E-state index contributed by atoms with van der Waals surface area (Å²) in [5, 5.41) is 12.0. The molecule has 0 spiro atoms. The van der Waals surface area contributed by atoms with E-state index in [-0.39, 0.29) is 5.91 Å². The van der Waals surface area contributed by atoms with Crippen molar-refractivity contribution in [3.8, 4) is 17.3 Å². The molecule has 0 saturated carbocycles. The van der Waals surface area contributed by atoms with E-state index in [0.717, 1.165) is 16.3 Å². The van der Waals surface area contributed by atoms with Crippen LogP contribution in [0.1, 0.15) is 28.0 Å². The fourth-order valence-electron chi connectivity index (χ4n) is 2.76. The van der Waals surface area contributed by atoms with Crippen LogP contribution in [0.4, 0.5) is 0 Å². The number of hydrogen-bond acceptors (Lipinski definition) is 8. The smallest absolute Gasteiger partial charge is 0.294 e. The average molecular weight is 442 g/mol. The Morgan fingerprint density at radius 2 is 2.13 bits per heavy atom. The predicted molar refractivity (Wildman–Crippen MR) is 115 cm³/mol. The molecule has 0 bridgehead atoms. The average Bonchev–Trinajstić information content (AvgIpc) is 3.51. The molecule has 0 aliphatic carbocycles. The SMILES string of the molecule is CCONC(=O)c1csc(CSc2nnc(-c3ccco3)n2-c2ccccc2C)n1. The molecule has 0 aliphatic heterocycles. The van der Waals surface area contributed by atoms with Gasteiger partial charge in [-0.2, -0.15) is 0 Å². The number of carbonyl (C=O) groups excluding carboxylic acids is 1. The van der Waals surface area contributed by atoms with E-state index in [1.807, 2.05) is 47.9 Å². The molecule has 0 atom stereocenters. The number of aryl methyl sites for hydroxylation is 1. The second-order valence-electron chi connectivity index (χ2n) is 6.18. The zero-order valence-corrected chi connectivity index (χ0v) is 18.0. The number of aromatic nitrogens is 4. The van der Waals surface area contributed by atoms with Crippen molar-refractivity contribution in [1.29, 1.82) is 0 Å². The normalized spacial score (nSPS) is 11.0. The van der Waals surface area contributed by atoms with Gasteiger partial charge in [-0.1, -0.05) is 30.0 Å². The van der Waals surface area contributed by atoms with E-state index in [9.17, 15) is 4.79 Å². The quantitative estimate of drug-likeness (QED) is 0.322. The first-order valence-corrected chi connectivity index (χ1v) is 11.1. The van der Waals surface area contributed by atoms with Gasteiger partial charge in [0, 0.05) is 5.38 Å². The third-order valence-corrected chi connectivity index (χ3v) is 6.12. The van der Waals surface area contributed by atoms with Crippen LogP contribution < -0.4 is 5.48 Å². The van der Waals surface area contributed by atoms with Crippen molar-refractivity contribution in [1.82, 2.24) is 25.2 Å². The van der Waals surface area contributed by atoms with Gasteiger partial charge in [0.15, 0.2) is 10.9 Å². The van der Waals surface area contributed by atoms with E-state index in [0.29, 0.717) is 34.8 Å². The van der Waals surface area contributed by atoms with Crippen molar-refractivity contribution in [3.05, 3.63) is 64.3 Å². The summed E-state index contributed by atoms with van der Waals surface area (Å²) in [4.78, 5) is 21.3. The highest BCUT2D eigenvalue weighted by Gasteiger charge is 2.20. The van der Waals surface area contributed by atoms with Crippen LogP contribution in [-0.4, -0.2) is 32.3 Å². The van der Waals surface area contributed by atoms with Crippen LogP contribution in [0.15, 0.2) is 57.6 Å². The van der Waals surface area contributed by atoms with Gasteiger partial charge in [0.25, 0.3) is 5.91 Å². The molecule has 1 amide bonds. The summed E-state index contributed by atoms with van der Waals surface area (Å²) in [6, 6.07) is 11.7. The van der Waals surface area contributed by atoms with Crippen LogP contribution in [0.5, 0.6) is 0 Å². The molecule has 4 rings (SSSR count). The number of nitrogens with zero attached hydrogens (tertiary/aromatic N) is 4. The van der Waals surface area contributed by atoms with Gasteiger partial charge >= 0.3 is 0 Å². The lowest BCUT2D eigenvalue weighted by Gasteiger charge is -2.11. The van der Waals surface area contributed by atoms with Gasteiger partial charge in [-0.05, 0) is 37.6 Å². The number of furan rings is 1. The number of amides is 1. The third-order valence-electron chi connectivity index (χ3n) is 4.15. The molecule has 154 valence electrons. The van der Waals surface area contributed by atoms with Crippen LogP contribution in [0.25, 0.3) is 17.3 Å². The maximum Gasteiger partial charge on any atom is 0.294 e. The maximum atomic E-state index is 12.0. The largest absolute Gasteiger partial charge is 0.461 e. The zero-order valence-electron chi connectivity index (χ0n) is 16.4. The molecule has 3 aromatic heterocycles. The summed E-state index contributed by atoms with van der Waals surface area (Å²) in [7, 11) is 0. The minimum atomic E-state index is -0.354. The Labute approximate surface area is 181 Å². The Morgan fingerprint density at radius 3 is 2.90 bits per heavy atom. The molecule has 0 radical (unpaired) electrons. The van der Waals surface area contributed by atoms with E-state index in [4.69, 9.17) is 9.25 Å². The summed E-state index contributed by atoms with van der Waals surface area (Å²) >= 11 is 2.91. The highest BCUT2D eigenvalue weighted by Crippen LogP contribution is 2.31. The number of thiazole rings is 1. The summed E-state index contributed by atoms with van der Waals surface area (Å²) in [6.07, 6.45) is 1.61. The van der Waals surface area contributed by atoms with E-state index in [2.05, 4.69) is 20.7 Å². The van der Waals surface area contributed by atoms with Gasteiger partial charge in [-0.15, -0.1) is 21.5 Å². The lowest BCUT2D eigenvalue weighted by atomic mass is 10.2. The molecule has 30 heavy (non-hydrogen) atoms. The molecular weight excluding hydrogens is 422 g/mol. The Hall–Kier alpha value is -2.95. The van der Waals surface area contributed by atoms with Crippen LogP contribution in [-0.2, 0) is 10.6 Å². The first-order chi connectivity index (χ1) is 14.7. The first-order valence-electron chi connectivity index (χ1n) is 9.22. The van der Waals surface area contributed by atoms with E-state index < -0.39 is 0 Å². The Balaban J connectivity index is 1.59. The number of carbonyl (C=O) groups is 1. The molecule has 3 heterocycles. The predicted octanol–water partition coefficient (Wildman–Crippen LogP) is 4.27. The summed E-state index contributed by atoms with van der Waals surface area (Å²) in [5.74, 6) is 1.47. The number of hydrogen-bond donors (Lipinski definition) is 1. The van der Waals surface area contributed by atoms with E-state index >= 15 is 0 Å². The van der Waals surface area contributed by atoms with Gasteiger partial charge in [-0.3, -0.25) is 14.2 Å². The van der Waals surface area contributed by atoms with Crippen LogP contribution in [0, 0.1) is 6.92 Å². The van der Waals surface area contributed by atoms with E-state index in [1.165, 1.54) is 23.1 Å². The first kappa shape index (κ1) is 20.3. The number of nitrogens with one attached hydrogen (secondary N) is 1. The minimum absolute atomic E-state index is 0.334. The number of benzene rings is 1. The number of rotatable bonds is 8. The van der Waals surface area contributed by atoms with E-state index in [1.54, 1.807) is 18.6 Å². The maximum absolute atomic E-state index is 12.0. The number of hydroxylamine groups is 1. The van der Waals surface area contributed by atoms with Crippen LogP contribution in [0.3, 0.4) is 0 Å². The van der Waals surface area contributed by atoms with Crippen molar-refractivity contribution in [2.24, 2.45) is 0 Å². The molecule has 0 aliphatic rings. The molecule has 0 saturated heterocycles. The van der Waals surface area contributed by atoms with Gasteiger partial charge in [0.2, 0.25) is 5.82 Å². The fourth-order valence-corrected chi connectivity index (χ4v) is 4.50. The summed E-state index contributed by atoms with van der Waals surface area (Å²) in [6.45, 7) is 4.23. The molecule has 1 N–H and O–H groups in total. The van der Waals surface area contributed by atoms with Crippen molar-refractivity contribution in [2.75, 3.05) is 6.61 Å². The topological polar surface area (TPSA) is 95.1 Å². The molecule has 8 nitrogen and oxygen atoms in total. The van der Waals surface area contributed by atoms with Crippen molar-refractivity contribution >= 4 is 29.0 Å². The molecule has 0 unspecified atom stereocenters. The third kappa shape index (κ3) is 4.30. The zero-order chi connectivity index (χ0) is 20.9. The highest BCUT2D eigenvalue weighted by molar-refractivity contribution is 7.98. The highest BCUT2D eigenvalue weighted by atomic mass is 32.2. The summed E-state index contributed by atoms with van der Waals surface area (Å²) < 4.78 is 7.54. The van der Waals surface area contributed by atoms with Crippen LogP contribution >= 0.6 is 23.1 Å². The van der Waals surface area contributed by atoms with Crippen molar-refractivity contribution in [3.63, 3.8) is 0 Å². The van der Waals surface area contributed by atoms with Gasteiger partial charge in [-0.25, -0.2) is 10.5 Å². The van der Waals surface area contributed by atoms with Crippen LogP contribution in [0.2, 0.25) is 0 Å². The molecule has 4 aromatic rings. The molecule has 1 aromatic carbocycles. The molecule has 10 heteroatoms. The fraction of sp³-hybridized carbons (Fsp3) is 0.200. The second kappa shape index (κ2) is 9.24. The Bertz CT molecular complexity index is 1140. The van der Waals surface area contributed by atoms with Gasteiger partial charge in [0.1, 0.15) is 10.7 Å². The lowest BCUT2D eigenvalue weighted by molar-refractivity contribution is 0.0360. The second-order valence-corrected chi connectivity index (χ2v) is 8.07.